The third-order valence-corrected chi connectivity index (χ3v) is 5.65. The van der Waals surface area contributed by atoms with Crippen LogP contribution in [0.3, 0.4) is 0 Å². The first-order valence-corrected chi connectivity index (χ1v) is 10.3. The number of benzene rings is 2. The molecule has 2 aromatic carbocycles. The summed E-state index contributed by atoms with van der Waals surface area (Å²) in [5, 5.41) is 29.9. The average Bonchev–Trinajstić information content (AvgIpc) is 3.06. The number of rotatable bonds is 9. The van der Waals surface area contributed by atoms with Gasteiger partial charge < -0.3 is 26.0 Å². The fourth-order valence-electron chi connectivity index (χ4n) is 3.13. The van der Waals surface area contributed by atoms with Crippen molar-refractivity contribution in [2.45, 2.75) is 31.6 Å². The number of hydrogen-bond donors (Lipinski definition) is 6. The number of aromatic amines is 1. The quantitative estimate of drug-likeness (QED) is 0.180. The monoisotopic (exact) mass is 415 g/mol. The van der Waals surface area contributed by atoms with Crippen LogP contribution in [-0.2, 0) is 23.4 Å². The maximum absolute atomic E-state index is 11.5. The average molecular weight is 416 g/mol. The van der Waals surface area contributed by atoms with Gasteiger partial charge >= 0.3 is 0 Å². The summed E-state index contributed by atoms with van der Waals surface area (Å²) in [6.45, 7) is 2.16. The fraction of sp³-hybridized carbons (Fsp3) is 0.286. The normalized spacial score (nSPS) is 12.3. The van der Waals surface area contributed by atoms with E-state index in [0.29, 0.717) is 25.1 Å². The topological polar surface area (TPSA) is 132 Å². The highest BCUT2D eigenvalue weighted by atomic mass is 32.2. The van der Waals surface area contributed by atoms with Crippen molar-refractivity contribution in [2.24, 2.45) is 5.73 Å². The summed E-state index contributed by atoms with van der Waals surface area (Å²) in [6.07, 6.45) is 2.96. The van der Waals surface area contributed by atoms with E-state index in [4.69, 9.17) is 5.73 Å². The van der Waals surface area contributed by atoms with Gasteiger partial charge in [0.05, 0.1) is 11.6 Å². The number of aromatic nitrogens is 1. The number of H-pyrrole nitrogens is 1. The van der Waals surface area contributed by atoms with Gasteiger partial charge in [0.2, 0.25) is 0 Å². The lowest BCUT2D eigenvalue weighted by atomic mass is 10.0. The number of phenols is 3. The summed E-state index contributed by atoms with van der Waals surface area (Å²) >= 11 is 1.51. The van der Waals surface area contributed by atoms with Gasteiger partial charge in [0, 0.05) is 23.9 Å². The van der Waals surface area contributed by atoms with Crippen molar-refractivity contribution in [1.82, 2.24) is 9.71 Å². The Morgan fingerprint density at radius 2 is 1.97 bits per heavy atom. The molecular weight excluding hydrogens is 390 g/mol. The second kappa shape index (κ2) is 9.21. The Morgan fingerprint density at radius 1 is 1.17 bits per heavy atom. The van der Waals surface area contributed by atoms with Crippen LogP contribution in [0.4, 0.5) is 0 Å². The van der Waals surface area contributed by atoms with Gasteiger partial charge in [-0.05, 0) is 60.7 Å². The molecule has 3 aromatic rings. The number of carbonyl (C=O) groups excluding carboxylic acids is 1. The van der Waals surface area contributed by atoms with E-state index < -0.39 is 6.04 Å². The molecule has 0 fully saturated rings. The van der Waals surface area contributed by atoms with Gasteiger partial charge in [-0.2, -0.15) is 0 Å². The van der Waals surface area contributed by atoms with Crippen LogP contribution in [-0.4, -0.2) is 38.7 Å². The van der Waals surface area contributed by atoms with Crippen molar-refractivity contribution < 1.29 is 20.1 Å². The molecule has 154 valence electrons. The number of fused-ring (bicyclic) bond motifs is 1. The van der Waals surface area contributed by atoms with Crippen LogP contribution in [0.25, 0.3) is 10.9 Å². The highest BCUT2D eigenvalue weighted by Crippen LogP contribution is 2.30. The van der Waals surface area contributed by atoms with Gasteiger partial charge in [0.25, 0.3) is 0 Å². The molecule has 0 bridgehead atoms. The summed E-state index contributed by atoms with van der Waals surface area (Å²) in [4.78, 5) is 14.7. The Kier molecular flexibility index (Phi) is 6.68. The lowest BCUT2D eigenvalue weighted by Gasteiger charge is -2.09. The van der Waals surface area contributed by atoms with Crippen LogP contribution in [0, 0.1) is 0 Å². The summed E-state index contributed by atoms with van der Waals surface area (Å²) in [6, 6.07) is 7.64. The standard InChI is InChI=1S/C21H25N3O4S/c1-12(25)18(22)8-14-10-23-21-15(7-16(26)9-17(14)21)11-29-24-5-4-13-2-3-19(27)20(28)6-13/h2-3,6-7,9-10,18,23-24,26-28H,4-5,8,11,22H2,1H3. The number of Topliss-reactive ketones (excluding diaryl/α,β-unsaturated/α-hetero) is 1. The fourth-order valence-corrected chi connectivity index (χ4v) is 3.86. The largest absolute Gasteiger partial charge is 0.508 e. The van der Waals surface area contributed by atoms with Gasteiger partial charge in [-0.15, -0.1) is 0 Å². The van der Waals surface area contributed by atoms with Crippen LogP contribution in [0.15, 0.2) is 36.5 Å². The van der Waals surface area contributed by atoms with E-state index in [2.05, 4.69) is 9.71 Å². The maximum atomic E-state index is 11.5. The van der Waals surface area contributed by atoms with Gasteiger partial charge in [-0.3, -0.25) is 9.52 Å². The molecule has 0 radical (unpaired) electrons. The maximum Gasteiger partial charge on any atom is 0.157 e. The van der Waals surface area contributed by atoms with E-state index in [9.17, 15) is 20.1 Å². The van der Waals surface area contributed by atoms with Crippen molar-refractivity contribution in [3.63, 3.8) is 0 Å². The number of aromatic hydroxyl groups is 3. The minimum absolute atomic E-state index is 0.0681. The SMILES string of the molecule is CC(=O)C(N)Cc1c[nH]c2c(CSNCCc3ccc(O)c(O)c3)cc(O)cc12. The van der Waals surface area contributed by atoms with E-state index in [1.54, 1.807) is 24.3 Å². The minimum Gasteiger partial charge on any atom is -0.508 e. The van der Waals surface area contributed by atoms with E-state index in [0.717, 1.165) is 27.6 Å². The first-order valence-electron chi connectivity index (χ1n) is 9.28. The number of ketones is 1. The summed E-state index contributed by atoms with van der Waals surface area (Å²) in [5.41, 5.74) is 9.58. The molecule has 1 unspecified atom stereocenters. The molecule has 7 N–H and O–H groups in total. The van der Waals surface area contributed by atoms with Gasteiger partial charge in [-0.25, -0.2) is 0 Å². The number of hydrogen-bond acceptors (Lipinski definition) is 7. The van der Waals surface area contributed by atoms with Crippen molar-refractivity contribution in [1.29, 1.82) is 0 Å². The predicted octanol–water partition coefficient (Wildman–Crippen LogP) is 2.72. The Morgan fingerprint density at radius 3 is 2.69 bits per heavy atom. The zero-order valence-electron chi connectivity index (χ0n) is 16.1. The molecule has 1 atom stereocenters. The zero-order valence-corrected chi connectivity index (χ0v) is 16.9. The molecule has 1 aromatic heterocycles. The summed E-state index contributed by atoms with van der Waals surface area (Å²) < 4.78 is 3.27. The molecule has 0 aliphatic carbocycles. The lowest BCUT2D eigenvalue weighted by Crippen LogP contribution is -2.30. The molecule has 0 aliphatic heterocycles. The van der Waals surface area contributed by atoms with Crippen molar-refractivity contribution in [3.8, 4) is 17.2 Å². The van der Waals surface area contributed by atoms with Crippen LogP contribution in [0.5, 0.6) is 17.2 Å². The van der Waals surface area contributed by atoms with Crippen molar-refractivity contribution in [2.75, 3.05) is 6.54 Å². The Balaban J connectivity index is 1.60. The highest BCUT2D eigenvalue weighted by Gasteiger charge is 2.15. The third kappa shape index (κ3) is 5.23. The highest BCUT2D eigenvalue weighted by molar-refractivity contribution is 7.96. The predicted molar refractivity (Wildman–Crippen MR) is 115 cm³/mol. The number of phenolic OH excluding ortho intramolecular Hbond substituents is 3. The van der Waals surface area contributed by atoms with E-state index in [1.165, 1.54) is 24.9 Å². The third-order valence-electron chi connectivity index (χ3n) is 4.79. The van der Waals surface area contributed by atoms with Crippen LogP contribution in [0.2, 0.25) is 0 Å². The van der Waals surface area contributed by atoms with Gasteiger partial charge in [0.15, 0.2) is 11.5 Å². The number of carbonyl (C=O) groups is 1. The molecule has 1 heterocycles. The zero-order chi connectivity index (χ0) is 21.0. The second-order valence-corrected chi connectivity index (χ2v) is 7.88. The Bertz CT molecular complexity index is 1020. The summed E-state index contributed by atoms with van der Waals surface area (Å²) in [7, 11) is 0. The number of nitrogens with two attached hydrogens (primary N) is 1. The van der Waals surface area contributed by atoms with Crippen LogP contribution in [0.1, 0.15) is 23.6 Å². The molecule has 7 nitrogen and oxygen atoms in total. The summed E-state index contributed by atoms with van der Waals surface area (Å²) in [5.74, 6) is 0.485. The molecule has 0 saturated carbocycles. The molecule has 29 heavy (non-hydrogen) atoms. The molecule has 3 rings (SSSR count). The molecular formula is C21H25N3O4S. The number of nitrogens with one attached hydrogen (secondary N) is 2. The Hall–Kier alpha value is -2.68. The molecule has 0 spiro atoms. The van der Waals surface area contributed by atoms with E-state index in [1.807, 2.05) is 6.20 Å². The van der Waals surface area contributed by atoms with E-state index in [-0.39, 0.29) is 23.0 Å². The van der Waals surface area contributed by atoms with Crippen molar-refractivity contribution >= 4 is 28.6 Å². The second-order valence-electron chi connectivity index (χ2n) is 7.02. The Labute approximate surface area is 173 Å². The van der Waals surface area contributed by atoms with Gasteiger partial charge in [0.1, 0.15) is 11.5 Å². The first-order chi connectivity index (χ1) is 13.8. The van der Waals surface area contributed by atoms with Crippen LogP contribution < -0.4 is 10.5 Å². The minimum atomic E-state index is -0.560. The molecule has 8 heteroatoms. The molecule has 0 aliphatic rings. The van der Waals surface area contributed by atoms with Crippen LogP contribution >= 0.6 is 11.9 Å². The first kappa shape index (κ1) is 21.0. The van der Waals surface area contributed by atoms with Gasteiger partial charge in [-0.1, -0.05) is 18.0 Å². The molecule has 0 saturated heterocycles. The van der Waals surface area contributed by atoms with E-state index >= 15 is 0 Å². The lowest BCUT2D eigenvalue weighted by molar-refractivity contribution is -0.118. The molecule has 0 amide bonds. The smallest absolute Gasteiger partial charge is 0.157 e. The van der Waals surface area contributed by atoms with Crippen molar-refractivity contribution in [3.05, 3.63) is 53.2 Å².